The number of aromatic nitrogens is 3. The van der Waals surface area contributed by atoms with E-state index < -0.39 is 0 Å². The quantitative estimate of drug-likeness (QED) is 0.607. The van der Waals surface area contributed by atoms with Crippen molar-refractivity contribution in [2.24, 2.45) is 17.8 Å². The Morgan fingerprint density at radius 3 is 2.83 bits per heavy atom. The zero-order valence-corrected chi connectivity index (χ0v) is 17.1. The molecule has 2 aliphatic rings. The van der Waals surface area contributed by atoms with Crippen molar-refractivity contribution >= 4 is 33.3 Å². The number of carbonyl (C=O) groups is 1. The van der Waals surface area contributed by atoms with Crippen LogP contribution in [0.15, 0.2) is 43.0 Å². The first-order chi connectivity index (χ1) is 14.2. The van der Waals surface area contributed by atoms with Gasteiger partial charge in [-0.2, -0.15) is 0 Å². The van der Waals surface area contributed by atoms with Gasteiger partial charge in [0, 0.05) is 25.5 Å². The fourth-order valence-corrected chi connectivity index (χ4v) is 5.61. The zero-order chi connectivity index (χ0) is 19.8. The van der Waals surface area contributed by atoms with Crippen molar-refractivity contribution in [3.05, 3.63) is 59.0 Å². The predicted molar refractivity (Wildman–Crippen MR) is 115 cm³/mol. The Morgan fingerprint density at radius 2 is 2.07 bits per heavy atom. The third kappa shape index (κ3) is 3.51. The summed E-state index contributed by atoms with van der Waals surface area (Å²) in [6.45, 7) is 3.37. The van der Waals surface area contributed by atoms with Gasteiger partial charge in [-0.1, -0.05) is 12.2 Å². The highest BCUT2D eigenvalue weighted by Gasteiger charge is 2.35. The maximum Gasteiger partial charge on any atom is 0.261 e. The number of rotatable bonds is 6. The highest BCUT2D eigenvalue weighted by atomic mass is 32.1. The molecule has 3 aromatic rings. The zero-order valence-electron chi connectivity index (χ0n) is 16.3. The first kappa shape index (κ1) is 18.2. The number of carbonyl (C=O) groups excluding carboxylic acids is 1. The number of anilines is 1. The van der Waals surface area contributed by atoms with Gasteiger partial charge in [-0.25, -0.2) is 9.97 Å². The first-order valence-electron chi connectivity index (χ1n) is 10.0. The number of allylic oxidation sites excluding steroid dienone is 2. The Balaban J connectivity index is 1.33. The molecular weight excluding hydrogens is 382 g/mol. The molecule has 0 radical (unpaired) electrons. The van der Waals surface area contributed by atoms with Gasteiger partial charge in [-0.3, -0.25) is 9.78 Å². The van der Waals surface area contributed by atoms with Crippen LogP contribution in [-0.4, -0.2) is 27.4 Å². The second-order valence-electron chi connectivity index (χ2n) is 7.92. The van der Waals surface area contributed by atoms with E-state index in [0.717, 1.165) is 39.6 Å². The fourth-order valence-electron chi connectivity index (χ4n) is 4.54. The number of fused-ring (bicyclic) bond motifs is 3. The SMILES string of the molecule is Cc1c(C(=O)NCc2ccncc2)sc2ncnc(NC[C@H]3C[C@@H]4C=C[C@H]3C4)c12. The molecule has 29 heavy (non-hydrogen) atoms. The smallest absolute Gasteiger partial charge is 0.261 e. The molecule has 2 bridgehead atoms. The van der Waals surface area contributed by atoms with Crippen molar-refractivity contribution in [3.8, 4) is 0 Å². The number of thiophene rings is 1. The summed E-state index contributed by atoms with van der Waals surface area (Å²) in [6, 6.07) is 3.80. The van der Waals surface area contributed by atoms with Crippen LogP contribution >= 0.6 is 11.3 Å². The molecule has 0 spiro atoms. The van der Waals surface area contributed by atoms with Crippen LogP contribution < -0.4 is 10.6 Å². The number of hydrogen-bond acceptors (Lipinski definition) is 6. The van der Waals surface area contributed by atoms with Crippen molar-refractivity contribution in [1.29, 1.82) is 0 Å². The van der Waals surface area contributed by atoms with Gasteiger partial charge in [0.25, 0.3) is 5.91 Å². The number of nitrogens with zero attached hydrogens (tertiary/aromatic N) is 3. The molecule has 3 aromatic heterocycles. The molecule has 1 amide bonds. The Morgan fingerprint density at radius 1 is 1.21 bits per heavy atom. The monoisotopic (exact) mass is 405 g/mol. The standard InChI is InChI=1S/C22H23N5OS/c1-13-18-20(24-11-17-9-15-2-3-16(17)8-15)26-12-27-22(18)29-19(13)21(28)25-10-14-4-6-23-7-5-14/h2-7,12,15-17H,8-11H2,1H3,(H,25,28)(H,24,26,27)/t15-,16+,17-/m1/s1. The molecule has 7 heteroatoms. The number of hydrogen-bond donors (Lipinski definition) is 2. The molecule has 2 N–H and O–H groups in total. The third-order valence-electron chi connectivity index (χ3n) is 6.08. The molecule has 0 unspecified atom stereocenters. The lowest BCUT2D eigenvalue weighted by molar-refractivity contribution is 0.0954. The van der Waals surface area contributed by atoms with Crippen LogP contribution in [0.3, 0.4) is 0 Å². The first-order valence-corrected chi connectivity index (χ1v) is 10.8. The second kappa shape index (κ2) is 7.55. The molecule has 0 aromatic carbocycles. The summed E-state index contributed by atoms with van der Waals surface area (Å²) in [5.41, 5.74) is 1.96. The van der Waals surface area contributed by atoms with E-state index >= 15 is 0 Å². The third-order valence-corrected chi connectivity index (χ3v) is 7.28. The average molecular weight is 406 g/mol. The minimum atomic E-state index is -0.0773. The molecule has 2 aliphatic carbocycles. The lowest BCUT2D eigenvalue weighted by Gasteiger charge is -2.19. The van der Waals surface area contributed by atoms with Gasteiger partial charge < -0.3 is 10.6 Å². The molecule has 0 saturated heterocycles. The number of pyridine rings is 1. The molecule has 5 rings (SSSR count). The molecule has 1 saturated carbocycles. The highest BCUT2D eigenvalue weighted by molar-refractivity contribution is 7.20. The molecule has 148 valence electrons. The van der Waals surface area contributed by atoms with E-state index in [4.69, 9.17) is 0 Å². The van der Waals surface area contributed by atoms with Crippen molar-refractivity contribution in [3.63, 3.8) is 0 Å². The van der Waals surface area contributed by atoms with Gasteiger partial charge in [-0.15, -0.1) is 11.3 Å². The maximum absolute atomic E-state index is 12.8. The summed E-state index contributed by atoms with van der Waals surface area (Å²) in [4.78, 5) is 27.2. The maximum atomic E-state index is 12.8. The Kier molecular flexibility index (Phi) is 4.75. The topological polar surface area (TPSA) is 79.8 Å². The van der Waals surface area contributed by atoms with E-state index in [2.05, 4.69) is 37.7 Å². The number of amides is 1. The largest absolute Gasteiger partial charge is 0.369 e. The van der Waals surface area contributed by atoms with Crippen LogP contribution in [0.4, 0.5) is 5.82 Å². The average Bonchev–Trinajstić information content (AvgIpc) is 3.46. The Bertz CT molecular complexity index is 1080. The summed E-state index contributed by atoms with van der Waals surface area (Å²) < 4.78 is 0. The van der Waals surface area contributed by atoms with Crippen LogP contribution in [0, 0.1) is 24.7 Å². The van der Waals surface area contributed by atoms with Crippen LogP contribution in [0.5, 0.6) is 0 Å². The summed E-state index contributed by atoms with van der Waals surface area (Å²) in [5, 5.41) is 7.51. The molecule has 3 heterocycles. The number of aryl methyl sites for hydroxylation is 1. The van der Waals surface area contributed by atoms with Crippen LogP contribution in [0.1, 0.15) is 33.6 Å². The summed E-state index contributed by atoms with van der Waals surface area (Å²) >= 11 is 1.42. The predicted octanol–water partition coefficient (Wildman–Crippen LogP) is 3.95. The van der Waals surface area contributed by atoms with Crippen LogP contribution in [0.25, 0.3) is 10.2 Å². The molecule has 1 fully saturated rings. The van der Waals surface area contributed by atoms with E-state index in [1.54, 1.807) is 18.7 Å². The molecule has 3 atom stereocenters. The van der Waals surface area contributed by atoms with Gasteiger partial charge in [0.15, 0.2) is 0 Å². The van der Waals surface area contributed by atoms with Gasteiger partial charge >= 0.3 is 0 Å². The number of nitrogens with one attached hydrogen (secondary N) is 2. The van der Waals surface area contributed by atoms with Gasteiger partial charge in [0.05, 0.1) is 10.3 Å². The van der Waals surface area contributed by atoms with Crippen LogP contribution in [-0.2, 0) is 6.54 Å². The van der Waals surface area contributed by atoms with Crippen molar-refractivity contribution in [2.75, 3.05) is 11.9 Å². The van der Waals surface area contributed by atoms with E-state index in [-0.39, 0.29) is 5.91 Å². The van der Waals surface area contributed by atoms with Crippen molar-refractivity contribution in [1.82, 2.24) is 20.3 Å². The highest BCUT2D eigenvalue weighted by Crippen LogP contribution is 2.43. The summed E-state index contributed by atoms with van der Waals surface area (Å²) in [6.07, 6.45) is 12.3. The fraction of sp³-hybridized carbons (Fsp3) is 0.364. The van der Waals surface area contributed by atoms with Crippen molar-refractivity contribution < 1.29 is 4.79 Å². The van der Waals surface area contributed by atoms with E-state index in [9.17, 15) is 4.79 Å². The summed E-state index contributed by atoms with van der Waals surface area (Å²) in [5.74, 6) is 2.88. The van der Waals surface area contributed by atoms with E-state index in [0.29, 0.717) is 23.3 Å². The van der Waals surface area contributed by atoms with E-state index in [1.807, 2.05) is 19.1 Å². The van der Waals surface area contributed by atoms with E-state index in [1.165, 1.54) is 24.2 Å². The van der Waals surface area contributed by atoms with Gasteiger partial charge in [-0.05, 0) is 60.8 Å². The minimum Gasteiger partial charge on any atom is -0.369 e. The Labute approximate surface area is 173 Å². The van der Waals surface area contributed by atoms with Gasteiger partial charge in [0.1, 0.15) is 17.0 Å². The Hall–Kier alpha value is -2.80. The molecule has 6 nitrogen and oxygen atoms in total. The normalized spacial score (nSPS) is 22.3. The summed E-state index contributed by atoms with van der Waals surface area (Å²) in [7, 11) is 0. The molecular formula is C22H23N5OS. The molecule has 0 aliphatic heterocycles. The van der Waals surface area contributed by atoms with Gasteiger partial charge in [0.2, 0.25) is 0 Å². The lowest BCUT2D eigenvalue weighted by Crippen LogP contribution is -2.22. The van der Waals surface area contributed by atoms with Crippen LogP contribution in [0.2, 0.25) is 0 Å². The minimum absolute atomic E-state index is 0.0773. The van der Waals surface area contributed by atoms with Crippen molar-refractivity contribution in [2.45, 2.75) is 26.3 Å². The second-order valence-corrected chi connectivity index (χ2v) is 8.92. The lowest BCUT2D eigenvalue weighted by atomic mass is 9.93.